The number of carbonyl (C=O) groups excluding carboxylic acids is 1. The number of allylic oxidation sites excluding steroid dienone is 2. The minimum atomic E-state index is -1.55. The van der Waals surface area contributed by atoms with E-state index in [1.165, 1.54) is 270 Å². The van der Waals surface area contributed by atoms with Crippen LogP contribution >= 0.6 is 0 Å². The lowest BCUT2D eigenvalue weighted by molar-refractivity contribution is -0.302. The fraction of sp³-hybridized carbons (Fsp3) is 0.953. The first-order valence-corrected chi connectivity index (χ1v) is 32.4. The Morgan fingerprint density at radius 3 is 1.11 bits per heavy atom. The maximum Gasteiger partial charge on any atom is 0.220 e. The van der Waals surface area contributed by atoms with E-state index in [1.54, 1.807) is 0 Å². The van der Waals surface area contributed by atoms with Crippen LogP contribution in [0.1, 0.15) is 335 Å². The van der Waals surface area contributed by atoms with Crippen molar-refractivity contribution in [1.82, 2.24) is 5.32 Å². The molecule has 1 saturated heterocycles. The molecule has 7 atom stereocenters. The maximum absolute atomic E-state index is 13.1. The summed E-state index contributed by atoms with van der Waals surface area (Å²) >= 11 is 0. The Kier molecular flexibility index (Phi) is 52.0. The van der Waals surface area contributed by atoms with Crippen molar-refractivity contribution >= 4 is 5.91 Å². The van der Waals surface area contributed by atoms with E-state index in [1.807, 2.05) is 0 Å². The van der Waals surface area contributed by atoms with Crippen LogP contribution < -0.4 is 5.32 Å². The van der Waals surface area contributed by atoms with Gasteiger partial charge in [-0.15, -0.1) is 0 Å². The molecule has 9 heteroatoms. The van der Waals surface area contributed by atoms with Gasteiger partial charge in [-0.25, -0.2) is 0 Å². The number of hydrogen-bond acceptors (Lipinski definition) is 8. The number of unbranched alkanes of at least 4 members (excludes halogenated alkanes) is 45. The molecule has 0 aromatic carbocycles. The molecule has 73 heavy (non-hydrogen) atoms. The van der Waals surface area contributed by atoms with Crippen molar-refractivity contribution in [2.75, 3.05) is 13.2 Å². The highest BCUT2D eigenvalue weighted by Gasteiger charge is 2.44. The first kappa shape index (κ1) is 69.9. The van der Waals surface area contributed by atoms with Crippen molar-refractivity contribution in [2.24, 2.45) is 0 Å². The molecule has 0 aromatic rings. The monoisotopic (exact) mass is 1040 g/mol. The second-order valence-electron chi connectivity index (χ2n) is 22.9. The molecule has 0 radical (unpaired) electrons. The van der Waals surface area contributed by atoms with Crippen molar-refractivity contribution < 1.29 is 39.8 Å². The third kappa shape index (κ3) is 43.6. The third-order valence-corrected chi connectivity index (χ3v) is 15.9. The number of rotatable bonds is 57. The summed E-state index contributed by atoms with van der Waals surface area (Å²) in [5.41, 5.74) is 0. The number of hydrogen-bond donors (Lipinski definition) is 6. The molecule has 1 rings (SSSR count). The molecule has 1 fully saturated rings. The van der Waals surface area contributed by atoms with Gasteiger partial charge in [0.1, 0.15) is 24.4 Å². The molecule has 1 heterocycles. The fourth-order valence-corrected chi connectivity index (χ4v) is 10.7. The Morgan fingerprint density at radius 1 is 0.452 bits per heavy atom. The van der Waals surface area contributed by atoms with Gasteiger partial charge in [-0.05, 0) is 38.5 Å². The Balaban J connectivity index is 2.10. The molecular weight excluding hydrogens is 911 g/mol. The molecule has 1 amide bonds. The Labute approximate surface area is 452 Å². The molecule has 7 unspecified atom stereocenters. The number of amides is 1. The summed E-state index contributed by atoms with van der Waals surface area (Å²) in [7, 11) is 0. The fourth-order valence-electron chi connectivity index (χ4n) is 10.7. The van der Waals surface area contributed by atoms with Gasteiger partial charge in [-0.3, -0.25) is 4.79 Å². The molecule has 434 valence electrons. The van der Waals surface area contributed by atoms with Gasteiger partial charge in [-0.1, -0.05) is 302 Å². The predicted octanol–water partition coefficient (Wildman–Crippen LogP) is 16.7. The highest BCUT2D eigenvalue weighted by molar-refractivity contribution is 5.76. The summed E-state index contributed by atoms with van der Waals surface area (Å²) in [6.07, 6.45) is 61.2. The van der Waals surface area contributed by atoms with Crippen molar-refractivity contribution in [3.63, 3.8) is 0 Å². The number of nitrogens with one attached hydrogen (secondary N) is 1. The number of aliphatic hydroxyl groups excluding tert-OH is 5. The summed E-state index contributed by atoms with van der Waals surface area (Å²) in [5, 5.41) is 54.8. The number of carbonyl (C=O) groups is 1. The minimum absolute atomic E-state index is 0.132. The second kappa shape index (κ2) is 54.3. The van der Waals surface area contributed by atoms with Crippen molar-refractivity contribution in [1.29, 1.82) is 0 Å². The zero-order valence-electron chi connectivity index (χ0n) is 48.4. The summed E-state index contributed by atoms with van der Waals surface area (Å²) in [4.78, 5) is 13.1. The van der Waals surface area contributed by atoms with Crippen molar-refractivity contribution in [3.8, 4) is 0 Å². The molecule has 9 nitrogen and oxygen atoms in total. The van der Waals surface area contributed by atoms with Gasteiger partial charge in [0.2, 0.25) is 5.91 Å². The van der Waals surface area contributed by atoms with Crippen molar-refractivity contribution in [3.05, 3.63) is 12.2 Å². The van der Waals surface area contributed by atoms with Crippen LogP contribution in [0.3, 0.4) is 0 Å². The van der Waals surface area contributed by atoms with E-state index in [2.05, 4.69) is 31.3 Å². The summed E-state index contributed by atoms with van der Waals surface area (Å²) in [6.45, 7) is 3.89. The minimum Gasteiger partial charge on any atom is -0.394 e. The standard InChI is InChI=1S/C64H125NO8/c1-3-5-7-9-11-13-15-17-19-21-23-24-25-26-27-28-29-30-31-32-33-34-35-36-38-40-42-44-46-48-50-52-54-60(68)65-57(56-72-64-63(71)62(70)61(69)59(55-66)73-64)58(67)53-51-49-47-45-43-41-39-37-22-20-18-16-14-12-10-8-6-4-2/h26-27,57-59,61-64,66-67,69-71H,3-25,28-56H2,1-2H3,(H,65,68)/b27-26-. The van der Waals surface area contributed by atoms with Gasteiger partial charge >= 0.3 is 0 Å². The largest absolute Gasteiger partial charge is 0.394 e. The Bertz CT molecular complexity index is 1150. The maximum atomic E-state index is 13.1. The van der Waals surface area contributed by atoms with E-state index in [0.717, 1.165) is 38.5 Å². The van der Waals surface area contributed by atoms with Gasteiger partial charge in [-0.2, -0.15) is 0 Å². The zero-order valence-corrected chi connectivity index (χ0v) is 48.4. The molecule has 1 aliphatic heterocycles. The zero-order chi connectivity index (χ0) is 52.9. The number of ether oxygens (including phenoxy) is 2. The van der Waals surface area contributed by atoms with Crippen LogP contribution in [-0.2, 0) is 14.3 Å². The third-order valence-electron chi connectivity index (χ3n) is 15.9. The quantitative estimate of drug-likeness (QED) is 0.0261. The molecule has 0 spiro atoms. The van der Waals surface area contributed by atoms with Crippen LogP contribution in [-0.4, -0.2) is 87.5 Å². The SMILES string of the molecule is CCCCCCCCCCCCCC/C=C\CCCCCCCCCCCCCCCCCCC(=O)NC(COC1OC(CO)C(O)C(O)C1O)C(O)CCCCCCCCCCCCCCCCCCCC. The Hall–Kier alpha value is -1.07. The van der Waals surface area contributed by atoms with Crippen LogP contribution in [0.5, 0.6) is 0 Å². The normalized spacial score (nSPS) is 19.0. The van der Waals surface area contributed by atoms with E-state index < -0.39 is 49.5 Å². The lowest BCUT2D eigenvalue weighted by atomic mass is 9.99. The highest BCUT2D eigenvalue weighted by Crippen LogP contribution is 2.24. The first-order chi connectivity index (χ1) is 35.8. The van der Waals surface area contributed by atoms with E-state index in [9.17, 15) is 30.3 Å². The summed E-state index contributed by atoms with van der Waals surface area (Å²) < 4.78 is 11.3. The average molecular weight is 1040 g/mol. The van der Waals surface area contributed by atoms with Gasteiger partial charge < -0.3 is 40.3 Å². The van der Waals surface area contributed by atoms with Crippen molar-refractivity contribution in [2.45, 2.75) is 378 Å². The predicted molar refractivity (Wildman–Crippen MR) is 309 cm³/mol. The molecule has 0 bridgehead atoms. The van der Waals surface area contributed by atoms with E-state index in [-0.39, 0.29) is 12.5 Å². The van der Waals surface area contributed by atoms with Crippen LogP contribution in [0, 0.1) is 0 Å². The van der Waals surface area contributed by atoms with Gasteiger partial charge in [0.15, 0.2) is 6.29 Å². The van der Waals surface area contributed by atoms with Gasteiger partial charge in [0.05, 0.1) is 25.4 Å². The molecule has 0 aromatic heterocycles. The van der Waals surface area contributed by atoms with E-state index in [0.29, 0.717) is 12.8 Å². The summed E-state index contributed by atoms with van der Waals surface area (Å²) in [6, 6.07) is -0.716. The van der Waals surface area contributed by atoms with Crippen LogP contribution in [0.4, 0.5) is 0 Å². The average Bonchev–Trinajstić information content (AvgIpc) is 3.39. The lowest BCUT2D eigenvalue weighted by Crippen LogP contribution is -2.60. The highest BCUT2D eigenvalue weighted by atomic mass is 16.7. The van der Waals surface area contributed by atoms with E-state index in [4.69, 9.17) is 9.47 Å². The molecular formula is C64H125NO8. The number of aliphatic hydroxyl groups is 5. The topological polar surface area (TPSA) is 149 Å². The second-order valence-corrected chi connectivity index (χ2v) is 22.9. The molecule has 0 aliphatic carbocycles. The first-order valence-electron chi connectivity index (χ1n) is 32.4. The van der Waals surface area contributed by atoms with Crippen LogP contribution in [0.2, 0.25) is 0 Å². The van der Waals surface area contributed by atoms with Crippen LogP contribution in [0.25, 0.3) is 0 Å². The van der Waals surface area contributed by atoms with E-state index >= 15 is 0 Å². The molecule has 6 N–H and O–H groups in total. The Morgan fingerprint density at radius 2 is 0.767 bits per heavy atom. The van der Waals surface area contributed by atoms with Crippen LogP contribution in [0.15, 0.2) is 12.2 Å². The lowest BCUT2D eigenvalue weighted by Gasteiger charge is -2.40. The molecule has 0 saturated carbocycles. The van der Waals surface area contributed by atoms with Gasteiger partial charge in [0.25, 0.3) is 0 Å². The smallest absolute Gasteiger partial charge is 0.220 e. The molecule has 1 aliphatic rings. The summed E-state index contributed by atoms with van der Waals surface area (Å²) in [5.74, 6) is -0.137. The van der Waals surface area contributed by atoms with Gasteiger partial charge in [0, 0.05) is 6.42 Å².